The fraction of sp³-hybridized carbons (Fsp3) is 1.00. The van der Waals surface area contributed by atoms with Crippen molar-refractivity contribution in [1.82, 2.24) is 5.06 Å². The van der Waals surface area contributed by atoms with Gasteiger partial charge >= 0.3 is 0 Å². The quantitative estimate of drug-likeness (QED) is 0.501. The van der Waals surface area contributed by atoms with Gasteiger partial charge in [0.2, 0.25) is 0 Å². The summed E-state index contributed by atoms with van der Waals surface area (Å²) in [6.45, 7) is 3.97. The summed E-state index contributed by atoms with van der Waals surface area (Å²) in [5.41, 5.74) is -0.557. The number of rotatable bonds is 1. The van der Waals surface area contributed by atoms with E-state index >= 15 is 0 Å². The van der Waals surface area contributed by atoms with E-state index in [2.05, 4.69) is 6.92 Å². The number of hydrogen-bond donors (Lipinski definition) is 1. The number of hydroxylamine groups is 2. The summed E-state index contributed by atoms with van der Waals surface area (Å²) < 4.78 is 0. The van der Waals surface area contributed by atoms with Gasteiger partial charge in [-0.3, -0.25) is 0 Å². The Labute approximate surface area is 80.3 Å². The number of nitrogens with zero attached hydrogens (tertiary/aromatic N) is 1. The molecule has 1 saturated carbocycles. The minimum absolute atomic E-state index is 0.0916. The Morgan fingerprint density at radius 3 is 2.46 bits per heavy atom. The van der Waals surface area contributed by atoms with Gasteiger partial charge in [0.15, 0.2) is 0 Å². The molecule has 3 heteroatoms. The van der Waals surface area contributed by atoms with Crippen LogP contribution in [0.5, 0.6) is 0 Å². The highest BCUT2D eigenvalue weighted by molar-refractivity contribution is 4.86. The predicted molar refractivity (Wildman–Crippen MR) is 53.2 cm³/mol. The zero-order valence-corrected chi connectivity index (χ0v) is 8.79. The molecule has 0 spiro atoms. The molecule has 1 rings (SSSR count). The lowest BCUT2D eigenvalue weighted by Crippen LogP contribution is -2.32. The molecule has 0 aromatic rings. The summed E-state index contributed by atoms with van der Waals surface area (Å²) in [4.78, 5) is 0. The van der Waals surface area contributed by atoms with Gasteiger partial charge in [-0.1, -0.05) is 6.92 Å². The van der Waals surface area contributed by atoms with Crippen LogP contribution in [0.2, 0.25) is 0 Å². The van der Waals surface area contributed by atoms with Crippen LogP contribution in [0.3, 0.4) is 0 Å². The summed E-state index contributed by atoms with van der Waals surface area (Å²) in [6.07, 6.45) is 3.32. The predicted octanol–water partition coefficient (Wildman–Crippen LogP) is 1.75. The van der Waals surface area contributed by atoms with Crippen molar-refractivity contribution < 1.29 is 5.11 Å². The van der Waals surface area contributed by atoms with Crippen LogP contribution in [-0.2, 0) is 0 Å². The van der Waals surface area contributed by atoms with Gasteiger partial charge in [-0.05, 0) is 51.6 Å². The van der Waals surface area contributed by atoms with Gasteiger partial charge in [0.1, 0.15) is 0 Å². The average molecular weight is 186 g/mol. The largest absolute Gasteiger partial charge is 0.785 e. The van der Waals surface area contributed by atoms with E-state index in [1.807, 2.05) is 6.92 Å². The molecule has 0 heterocycles. The molecule has 0 amide bonds. The highest BCUT2D eigenvalue weighted by Crippen LogP contribution is 2.31. The molecule has 0 saturated heterocycles. The lowest BCUT2D eigenvalue weighted by Gasteiger charge is -2.36. The third-order valence-electron chi connectivity index (χ3n) is 3.24. The molecule has 3 nitrogen and oxygen atoms in total. The second-order valence-electron chi connectivity index (χ2n) is 4.67. The Bertz CT molecular complexity index is 168. The third-order valence-corrected chi connectivity index (χ3v) is 3.24. The van der Waals surface area contributed by atoms with Crippen LogP contribution < -0.4 is 0 Å². The monoisotopic (exact) mass is 186 g/mol. The van der Waals surface area contributed by atoms with E-state index in [1.54, 1.807) is 7.05 Å². The zero-order valence-electron chi connectivity index (χ0n) is 8.79. The molecule has 1 aliphatic rings. The third kappa shape index (κ3) is 2.93. The second-order valence-corrected chi connectivity index (χ2v) is 4.67. The molecule has 0 aliphatic heterocycles. The molecular formula is C10H20NO2-. The molecule has 3 unspecified atom stereocenters. The molecule has 13 heavy (non-hydrogen) atoms. The van der Waals surface area contributed by atoms with Crippen molar-refractivity contribution in [3.05, 3.63) is 5.21 Å². The normalized spacial score (nSPS) is 42.0. The van der Waals surface area contributed by atoms with Gasteiger partial charge in [0.25, 0.3) is 0 Å². The van der Waals surface area contributed by atoms with Crippen molar-refractivity contribution in [1.29, 1.82) is 0 Å². The van der Waals surface area contributed by atoms with Crippen LogP contribution in [-0.4, -0.2) is 28.9 Å². The van der Waals surface area contributed by atoms with E-state index in [1.165, 1.54) is 0 Å². The van der Waals surface area contributed by atoms with Crippen molar-refractivity contribution in [2.75, 3.05) is 7.05 Å². The molecule has 0 aromatic carbocycles. The summed E-state index contributed by atoms with van der Waals surface area (Å²) in [7, 11) is 1.58. The maximum absolute atomic E-state index is 11.2. The van der Waals surface area contributed by atoms with Crippen LogP contribution in [0, 0.1) is 11.1 Å². The van der Waals surface area contributed by atoms with E-state index in [4.69, 9.17) is 0 Å². The highest BCUT2D eigenvalue weighted by atomic mass is 16.5. The van der Waals surface area contributed by atoms with Gasteiger partial charge < -0.3 is 15.4 Å². The van der Waals surface area contributed by atoms with Crippen LogP contribution >= 0.6 is 0 Å². The average Bonchev–Trinajstić information content (AvgIpc) is 2.11. The molecule has 0 radical (unpaired) electrons. The molecule has 78 valence electrons. The van der Waals surface area contributed by atoms with Gasteiger partial charge in [0.05, 0.1) is 5.60 Å². The summed E-state index contributed by atoms with van der Waals surface area (Å²) in [5, 5.41) is 22.1. The van der Waals surface area contributed by atoms with Crippen LogP contribution in [0.25, 0.3) is 0 Å². The Kier molecular flexibility index (Phi) is 3.33. The first-order chi connectivity index (χ1) is 5.92. The smallest absolute Gasteiger partial charge is 0.0620 e. The van der Waals surface area contributed by atoms with Gasteiger partial charge in [-0.15, -0.1) is 0 Å². The maximum atomic E-state index is 11.2. The second kappa shape index (κ2) is 3.95. The fourth-order valence-electron chi connectivity index (χ4n) is 2.14. The van der Waals surface area contributed by atoms with Crippen molar-refractivity contribution in [2.24, 2.45) is 5.92 Å². The van der Waals surface area contributed by atoms with Gasteiger partial charge in [0, 0.05) is 0 Å². The summed E-state index contributed by atoms with van der Waals surface area (Å²) in [5.74, 6) is 0.400. The Balaban J connectivity index is 2.60. The molecule has 0 aromatic heterocycles. The number of aliphatic hydroxyl groups is 1. The van der Waals surface area contributed by atoms with Crippen molar-refractivity contribution in [3.8, 4) is 0 Å². The molecule has 1 N–H and O–H groups in total. The fourth-order valence-corrected chi connectivity index (χ4v) is 2.14. The van der Waals surface area contributed by atoms with Crippen molar-refractivity contribution in [3.63, 3.8) is 0 Å². The van der Waals surface area contributed by atoms with E-state index < -0.39 is 5.60 Å². The van der Waals surface area contributed by atoms with E-state index in [0.29, 0.717) is 5.92 Å². The van der Waals surface area contributed by atoms with Crippen LogP contribution in [0.4, 0.5) is 0 Å². The van der Waals surface area contributed by atoms with E-state index in [0.717, 1.165) is 30.7 Å². The minimum atomic E-state index is -0.557. The zero-order chi connectivity index (χ0) is 10.1. The van der Waals surface area contributed by atoms with Crippen LogP contribution in [0.1, 0.15) is 39.5 Å². The maximum Gasteiger partial charge on any atom is 0.0620 e. The van der Waals surface area contributed by atoms with E-state index in [-0.39, 0.29) is 6.04 Å². The topological polar surface area (TPSA) is 46.5 Å². The summed E-state index contributed by atoms with van der Waals surface area (Å²) in [6, 6.07) is 0.0916. The Morgan fingerprint density at radius 2 is 1.92 bits per heavy atom. The first-order valence-corrected chi connectivity index (χ1v) is 5.05. The molecule has 1 fully saturated rings. The first kappa shape index (κ1) is 11.0. The molecule has 1 aliphatic carbocycles. The standard InChI is InChI=1S/C10H20NO2/c1-8-4-6-10(2,12)7-5-9(8)11(3)13/h8-9,12H,4-7H2,1-3H3/q-1. The Hall–Kier alpha value is -0.120. The molecule has 0 bridgehead atoms. The van der Waals surface area contributed by atoms with Crippen LogP contribution in [0.15, 0.2) is 0 Å². The lowest BCUT2D eigenvalue weighted by atomic mass is 9.96. The number of hydrogen-bond acceptors (Lipinski definition) is 3. The Morgan fingerprint density at radius 1 is 1.38 bits per heavy atom. The van der Waals surface area contributed by atoms with Gasteiger partial charge in [-0.25, -0.2) is 0 Å². The SMILES string of the molecule is CC1CCC(C)(O)CCC1N(C)[O-]. The lowest BCUT2D eigenvalue weighted by molar-refractivity contribution is 0.0425. The molecular weight excluding hydrogens is 166 g/mol. The van der Waals surface area contributed by atoms with Crippen molar-refractivity contribution >= 4 is 0 Å². The molecule has 3 atom stereocenters. The van der Waals surface area contributed by atoms with E-state index in [9.17, 15) is 10.3 Å². The van der Waals surface area contributed by atoms with Crippen molar-refractivity contribution in [2.45, 2.75) is 51.2 Å². The minimum Gasteiger partial charge on any atom is -0.785 e. The highest BCUT2D eigenvalue weighted by Gasteiger charge is 2.29. The first-order valence-electron chi connectivity index (χ1n) is 5.05. The summed E-state index contributed by atoms with van der Waals surface area (Å²) >= 11 is 0. The van der Waals surface area contributed by atoms with Gasteiger partial charge in [-0.2, -0.15) is 0 Å².